The molecule has 0 aromatic heterocycles. The second-order valence-corrected chi connectivity index (χ2v) is 8.62. The fraction of sp³-hybridized carbons (Fsp3) is 0.700. The molecule has 1 aliphatic heterocycles. The SMILES string of the molecule is C=C[C@@H]1C(=C)CC[C@H]2[C@H]1CC(=O)[C@@]1(O)[C@@]3(C)C(=O)O[C@H]3CC[C@]21C. The average Bonchev–Trinajstić information content (AvgIpc) is 2.54. The van der Waals surface area contributed by atoms with E-state index in [1.54, 1.807) is 6.92 Å². The number of ether oxygens (including phenoxy) is 1. The van der Waals surface area contributed by atoms with Crippen LogP contribution in [0.3, 0.4) is 0 Å². The largest absolute Gasteiger partial charge is 0.460 e. The molecule has 4 aliphatic rings. The maximum atomic E-state index is 13.2. The van der Waals surface area contributed by atoms with E-state index in [4.69, 9.17) is 4.74 Å². The van der Waals surface area contributed by atoms with Gasteiger partial charge in [-0.05, 0) is 44.4 Å². The number of hydrogen-bond acceptors (Lipinski definition) is 4. The number of carbonyl (C=O) groups excluding carboxylic acids is 2. The number of allylic oxidation sites excluding steroid dienone is 2. The first-order chi connectivity index (χ1) is 11.2. The molecule has 24 heavy (non-hydrogen) atoms. The van der Waals surface area contributed by atoms with Crippen LogP contribution >= 0.6 is 0 Å². The van der Waals surface area contributed by atoms with Crippen LogP contribution in [0.5, 0.6) is 0 Å². The van der Waals surface area contributed by atoms with E-state index in [-0.39, 0.29) is 29.6 Å². The van der Waals surface area contributed by atoms with Crippen molar-refractivity contribution in [1.82, 2.24) is 0 Å². The Balaban J connectivity index is 1.84. The van der Waals surface area contributed by atoms with Gasteiger partial charge in [-0.25, -0.2) is 0 Å². The third-order valence-corrected chi connectivity index (χ3v) is 7.94. The molecule has 1 N–H and O–H groups in total. The Morgan fingerprint density at radius 1 is 1.29 bits per heavy atom. The summed E-state index contributed by atoms with van der Waals surface area (Å²) in [5, 5.41) is 11.7. The Labute approximate surface area is 143 Å². The molecule has 0 amide bonds. The minimum Gasteiger partial charge on any atom is -0.460 e. The van der Waals surface area contributed by atoms with E-state index in [2.05, 4.69) is 13.2 Å². The van der Waals surface area contributed by atoms with E-state index in [0.717, 1.165) is 24.8 Å². The van der Waals surface area contributed by atoms with E-state index >= 15 is 0 Å². The summed E-state index contributed by atoms with van der Waals surface area (Å²) < 4.78 is 5.27. The van der Waals surface area contributed by atoms with E-state index in [9.17, 15) is 14.7 Å². The zero-order valence-electron chi connectivity index (χ0n) is 14.5. The second kappa shape index (κ2) is 4.60. The molecular formula is C20H26O4. The van der Waals surface area contributed by atoms with Gasteiger partial charge >= 0.3 is 5.97 Å². The van der Waals surface area contributed by atoms with Crippen molar-refractivity contribution in [2.75, 3.05) is 0 Å². The topological polar surface area (TPSA) is 63.6 Å². The van der Waals surface area contributed by atoms with Crippen LogP contribution in [0.15, 0.2) is 24.8 Å². The van der Waals surface area contributed by atoms with Gasteiger partial charge in [-0.15, -0.1) is 6.58 Å². The van der Waals surface area contributed by atoms with Gasteiger partial charge in [0.1, 0.15) is 17.1 Å². The molecule has 4 fully saturated rings. The summed E-state index contributed by atoms with van der Waals surface area (Å²) in [5.74, 6) is -0.171. The predicted octanol–water partition coefficient (Wildman–Crippen LogP) is 2.81. The molecule has 130 valence electrons. The molecule has 3 aliphatic carbocycles. The van der Waals surface area contributed by atoms with Gasteiger partial charge in [-0.3, -0.25) is 9.59 Å². The Bertz CT molecular complexity index is 667. The molecule has 4 heteroatoms. The van der Waals surface area contributed by atoms with Gasteiger partial charge in [0.05, 0.1) is 0 Å². The molecule has 4 nitrogen and oxygen atoms in total. The number of Topliss-reactive ketones (excluding diaryl/α,β-unsaturated/α-hetero) is 1. The predicted molar refractivity (Wildman–Crippen MR) is 88.9 cm³/mol. The Morgan fingerprint density at radius 3 is 2.62 bits per heavy atom. The van der Waals surface area contributed by atoms with Crippen molar-refractivity contribution in [2.45, 2.75) is 57.7 Å². The van der Waals surface area contributed by atoms with E-state index in [1.165, 1.54) is 0 Å². The van der Waals surface area contributed by atoms with Crippen molar-refractivity contribution in [1.29, 1.82) is 0 Å². The first-order valence-corrected chi connectivity index (χ1v) is 8.98. The number of ketones is 1. The number of carbonyl (C=O) groups is 2. The minimum absolute atomic E-state index is 0.118. The monoisotopic (exact) mass is 330 g/mol. The van der Waals surface area contributed by atoms with Gasteiger partial charge in [-0.2, -0.15) is 0 Å². The standard InChI is InChI=1S/C20H26O4/c1-5-12-11(2)6-7-14-13(12)10-15(21)20(23)18(14,3)9-8-16-19(20,4)17(22)24-16/h5,12-14,16,23H,1-2,6-10H2,3-4H3/t12-,13+,14+,16+,18-,19-,20+/m1/s1. The van der Waals surface area contributed by atoms with Crippen LogP contribution in [0.2, 0.25) is 0 Å². The number of hydrogen-bond donors (Lipinski definition) is 1. The van der Waals surface area contributed by atoms with Crippen molar-refractivity contribution < 1.29 is 19.4 Å². The summed E-state index contributed by atoms with van der Waals surface area (Å²) in [5.41, 5.74) is -2.18. The van der Waals surface area contributed by atoms with Crippen LogP contribution in [-0.4, -0.2) is 28.6 Å². The van der Waals surface area contributed by atoms with Gasteiger partial charge in [0, 0.05) is 17.8 Å². The summed E-state index contributed by atoms with van der Waals surface area (Å²) in [6, 6.07) is 0. The summed E-state index contributed by atoms with van der Waals surface area (Å²) in [6.45, 7) is 11.9. The highest BCUT2D eigenvalue weighted by Gasteiger charge is 2.79. The van der Waals surface area contributed by atoms with Crippen molar-refractivity contribution in [3.63, 3.8) is 0 Å². The number of rotatable bonds is 1. The number of fused-ring (bicyclic) bond motifs is 5. The smallest absolute Gasteiger partial charge is 0.319 e. The molecule has 1 heterocycles. The summed E-state index contributed by atoms with van der Waals surface area (Å²) in [6.07, 6.45) is 5.10. The van der Waals surface area contributed by atoms with Gasteiger partial charge in [0.2, 0.25) is 0 Å². The molecule has 0 spiro atoms. The zero-order chi connectivity index (χ0) is 17.5. The van der Waals surface area contributed by atoms with Crippen molar-refractivity contribution in [3.05, 3.63) is 24.8 Å². The maximum absolute atomic E-state index is 13.2. The zero-order valence-corrected chi connectivity index (χ0v) is 14.5. The van der Waals surface area contributed by atoms with Gasteiger partial charge in [0.15, 0.2) is 5.78 Å². The molecule has 1 saturated heterocycles. The summed E-state index contributed by atoms with van der Waals surface area (Å²) in [7, 11) is 0. The van der Waals surface area contributed by atoms with E-state index in [1.807, 2.05) is 13.0 Å². The molecule has 0 aromatic carbocycles. The molecule has 0 unspecified atom stereocenters. The van der Waals surface area contributed by atoms with Crippen LogP contribution in [0.25, 0.3) is 0 Å². The lowest BCUT2D eigenvalue weighted by molar-refractivity contribution is -0.296. The number of aliphatic hydroxyl groups is 1. The normalized spacial score (nSPS) is 53.2. The average molecular weight is 330 g/mol. The fourth-order valence-corrected chi connectivity index (χ4v) is 6.48. The molecule has 7 atom stereocenters. The fourth-order valence-electron chi connectivity index (χ4n) is 6.48. The van der Waals surface area contributed by atoms with Gasteiger partial charge < -0.3 is 9.84 Å². The molecule has 0 radical (unpaired) electrons. The van der Waals surface area contributed by atoms with E-state index in [0.29, 0.717) is 12.8 Å². The van der Waals surface area contributed by atoms with Gasteiger partial charge in [-0.1, -0.05) is 25.2 Å². The second-order valence-electron chi connectivity index (χ2n) is 8.62. The Morgan fingerprint density at radius 2 is 2.00 bits per heavy atom. The highest BCUT2D eigenvalue weighted by Crippen LogP contribution is 2.68. The molecule has 0 aromatic rings. The van der Waals surface area contributed by atoms with Crippen LogP contribution in [0.1, 0.15) is 46.0 Å². The van der Waals surface area contributed by atoms with Gasteiger partial charge in [0.25, 0.3) is 0 Å². The maximum Gasteiger partial charge on any atom is 0.319 e. The summed E-state index contributed by atoms with van der Waals surface area (Å²) in [4.78, 5) is 25.5. The third kappa shape index (κ3) is 1.46. The van der Waals surface area contributed by atoms with Crippen molar-refractivity contribution in [3.8, 4) is 0 Å². The molecular weight excluding hydrogens is 304 g/mol. The van der Waals surface area contributed by atoms with Crippen LogP contribution in [0, 0.1) is 28.6 Å². The third-order valence-electron chi connectivity index (χ3n) is 7.94. The van der Waals surface area contributed by atoms with Crippen LogP contribution in [-0.2, 0) is 14.3 Å². The molecule has 0 bridgehead atoms. The van der Waals surface area contributed by atoms with E-state index < -0.39 is 22.4 Å². The first-order valence-electron chi connectivity index (χ1n) is 8.98. The highest BCUT2D eigenvalue weighted by molar-refractivity contribution is 5.99. The highest BCUT2D eigenvalue weighted by atomic mass is 16.6. The lowest BCUT2D eigenvalue weighted by Crippen LogP contribution is -2.80. The van der Waals surface area contributed by atoms with Crippen LogP contribution < -0.4 is 0 Å². The lowest BCUT2D eigenvalue weighted by Gasteiger charge is -2.68. The summed E-state index contributed by atoms with van der Waals surface area (Å²) >= 11 is 0. The quantitative estimate of drug-likeness (QED) is 0.593. The lowest BCUT2D eigenvalue weighted by atomic mass is 9.39. The first kappa shape index (κ1) is 16.1. The number of esters is 1. The Kier molecular flexibility index (Phi) is 3.08. The van der Waals surface area contributed by atoms with Crippen molar-refractivity contribution >= 4 is 11.8 Å². The minimum atomic E-state index is -1.62. The molecule has 4 rings (SSSR count). The molecule has 3 saturated carbocycles. The van der Waals surface area contributed by atoms with Crippen molar-refractivity contribution in [2.24, 2.45) is 28.6 Å². The Hall–Kier alpha value is -1.42. The van der Waals surface area contributed by atoms with Crippen LogP contribution in [0.4, 0.5) is 0 Å².